The number of hydrogen-bond acceptors (Lipinski definition) is 7. The van der Waals surface area contributed by atoms with Crippen LogP contribution in [0.2, 0.25) is 10.0 Å². The van der Waals surface area contributed by atoms with Crippen LogP contribution in [0, 0.1) is 6.92 Å². The number of carboxylic acid groups (broad SMARTS) is 1. The van der Waals surface area contributed by atoms with Crippen LogP contribution in [-0.4, -0.2) is 47.0 Å². The van der Waals surface area contributed by atoms with Crippen molar-refractivity contribution >= 4 is 52.9 Å². The zero-order valence-corrected chi connectivity index (χ0v) is 21.2. The number of carboxylic acids is 1. The average Bonchev–Trinajstić information content (AvgIpc) is 2.89. The van der Waals surface area contributed by atoms with Gasteiger partial charge in [0.15, 0.2) is 0 Å². The van der Waals surface area contributed by atoms with E-state index in [-0.39, 0.29) is 26.7 Å². The summed E-state index contributed by atoms with van der Waals surface area (Å²) >= 11 is 12.0. The van der Waals surface area contributed by atoms with Gasteiger partial charge in [0.05, 0.1) is 21.2 Å². The molecule has 38 heavy (non-hydrogen) atoms. The minimum absolute atomic E-state index is 0.0377. The van der Waals surface area contributed by atoms with Crippen molar-refractivity contribution in [3.63, 3.8) is 0 Å². The van der Waals surface area contributed by atoms with Crippen molar-refractivity contribution in [2.24, 2.45) is 0 Å². The van der Waals surface area contributed by atoms with Crippen LogP contribution in [0.1, 0.15) is 36.6 Å². The summed E-state index contributed by atoms with van der Waals surface area (Å²) in [4.78, 5) is 62.9. The summed E-state index contributed by atoms with van der Waals surface area (Å²) in [5.74, 6) is -6.24. The molecule has 0 radical (unpaired) electrons. The summed E-state index contributed by atoms with van der Waals surface area (Å²) in [6.45, 7) is 1.82. The van der Waals surface area contributed by atoms with E-state index >= 15 is 0 Å². The third kappa shape index (κ3) is 7.09. The fourth-order valence-electron chi connectivity index (χ4n) is 3.07. The zero-order chi connectivity index (χ0) is 27.8. The second kappa shape index (κ2) is 12.7. The average molecular weight is 559 g/mol. The molecule has 0 aliphatic heterocycles. The van der Waals surface area contributed by atoms with E-state index in [4.69, 9.17) is 32.7 Å². The van der Waals surface area contributed by atoms with Crippen LogP contribution in [0.5, 0.6) is 0 Å². The van der Waals surface area contributed by atoms with E-state index in [2.05, 4.69) is 5.43 Å². The van der Waals surface area contributed by atoms with Gasteiger partial charge in [0.25, 0.3) is 11.8 Å². The molecule has 12 heteroatoms. The summed E-state index contributed by atoms with van der Waals surface area (Å²) < 4.78 is 10.2. The van der Waals surface area contributed by atoms with Crippen LogP contribution < -0.4 is 10.9 Å². The fraction of sp³-hybridized carbons (Fsp3) is 0.115. The van der Waals surface area contributed by atoms with Gasteiger partial charge in [-0.15, -0.1) is 0 Å². The lowest BCUT2D eigenvalue weighted by Gasteiger charge is -2.24. The molecule has 3 aromatic carbocycles. The van der Waals surface area contributed by atoms with Crippen molar-refractivity contribution in [1.82, 2.24) is 10.9 Å². The highest BCUT2D eigenvalue weighted by Gasteiger charge is 2.41. The molecule has 3 N–H and O–H groups in total. The Bertz CT molecular complexity index is 1380. The fourth-order valence-corrected chi connectivity index (χ4v) is 3.50. The molecule has 2 amide bonds. The number of halogens is 2. The van der Waals surface area contributed by atoms with Crippen LogP contribution in [0.4, 0.5) is 0 Å². The molecule has 0 aliphatic carbocycles. The molecule has 0 aliphatic rings. The number of hydrazine groups is 1. The van der Waals surface area contributed by atoms with Gasteiger partial charge in [0.2, 0.25) is 12.2 Å². The highest BCUT2D eigenvalue weighted by atomic mass is 35.5. The van der Waals surface area contributed by atoms with Crippen molar-refractivity contribution in [1.29, 1.82) is 0 Å². The summed E-state index contributed by atoms with van der Waals surface area (Å²) in [7, 11) is 0. The van der Waals surface area contributed by atoms with Gasteiger partial charge >= 0.3 is 17.9 Å². The predicted molar refractivity (Wildman–Crippen MR) is 136 cm³/mol. The number of rotatable bonds is 8. The van der Waals surface area contributed by atoms with Crippen LogP contribution in [-0.2, 0) is 19.1 Å². The lowest BCUT2D eigenvalue weighted by Crippen LogP contribution is -2.54. The monoisotopic (exact) mass is 558 g/mol. The van der Waals surface area contributed by atoms with E-state index in [1.54, 1.807) is 12.1 Å². The van der Waals surface area contributed by atoms with Gasteiger partial charge < -0.3 is 14.6 Å². The highest BCUT2D eigenvalue weighted by Crippen LogP contribution is 2.21. The van der Waals surface area contributed by atoms with Gasteiger partial charge in [0.1, 0.15) is 0 Å². The summed E-state index contributed by atoms with van der Waals surface area (Å²) in [5, 5.41) is 9.70. The number of ether oxygens (including phenoxy) is 2. The summed E-state index contributed by atoms with van der Waals surface area (Å²) in [6, 6.07) is 17.6. The molecular formula is C26H20Cl2N2O8. The number of hydrogen-bond donors (Lipinski definition) is 3. The van der Waals surface area contributed by atoms with Crippen molar-refractivity contribution < 1.29 is 38.6 Å². The number of carbonyl (C=O) groups excluding carboxylic acids is 4. The second-order valence-corrected chi connectivity index (χ2v) is 8.57. The molecule has 0 bridgehead atoms. The third-order valence-electron chi connectivity index (χ3n) is 5.05. The maximum Gasteiger partial charge on any atom is 0.349 e. The molecule has 3 aromatic rings. The SMILES string of the molecule is Cc1ccc(C(=O)NNC(=O)[C@H](OC(=O)c2ccccc2Cl)[C@@H](OC(=O)c2ccccc2Cl)C(=O)O)cc1. The van der Waals surface area contributed by atoms with Gasteiger partial charge in [-0.1, -0.05) is 65.2 Å². The Hall–Kier alpha value is -4.41. The Balaban J connectivity index is 1.87. The molecule has 3 rings (SSSR count). The summed E-state index contributed by atoms with van der Waals surface area (Å²) in [6.07, 6.45) is -4.58. The molecule has 196 valence electrons. The maximum absolute atomic E-state index is 13.0. The lowest BCUT2D eigenvalue weighted by atomic mass is 10.1. The molecule has 0 saturated heterocycles. The standard InChI is InChI=1S/C26H20Cl2N2O8/c1-14-10-12-15(13-11-14)22(31)29-30-23(32)20(37-25(35)16-6-2-4-8-18(16)27)21(24(33)34)38-26(36)17-7-3-5-9-19(17)28/h2-13,20-21H,1H3,(H,29,31)(H,30,32)(H,33,34)/t20-,21-/m1/s1. The van der Waals surface area contributed by atoms with Gasteiger partial charge in [-0.05, 0) is 43.3 Å². The van der Waals surface area contributed by atoms with E-state index in [1.165, 1.54) is 60.7 Å². The molecule has 0 saturated carbocycles. The van der Waals surface area contributed by atoms with Gasteiger partial charge in [0, 0.05) is 5.56 Å². The van der Waals surface area contributed by atoms with Gasteiger partial charge in [-0.3, -0.25) is 20.4 Å². The Morgan fingerprint density at radius 2 is 1.18 bits per heavy atom. The van der Waals surface area contributed by atoms with Gasteiger partial charge in [-0.2, -0.15) is 0 Å². The number of esters is 2. The first-order valence-electron chi connectivity index (χ1n) is 10.9. The largest absolute Gasteiger partial charge is 0.478 e. The zero-order valence-electron chi connectivity index (χ0n) is 19.6. The quantitative estimate of drug-likeness (QED) is 0.280. The maximum atomic E-state index is 13.0. The van der Waals surface area contributed by atoms with Crippen molar-refractivity contribution in [2.75, 3.05) is 0 Å². The van der Waals surface area contributed by atoms with Crippen LogP contribution >= 0.6 is 23.2 Å². The van der Waals surface area contributed by atoms with Crippen LogP contribution in [0.15, 0.2) is 72.8 Å². The molecule has 0 unspecified atom stereocenters. The Morgan fingerprint density at radius 3 is 1.66 bits per heavy atom. The molecule has 0 spiro atoms. The van der Waals surface area contributed by atoms with E-state index in [0.29, 0.717) is 0 Å². The number of aliphatic carboxylic acids is 1. The molecule has 0 fully saturated rings. The molecule has 0 heterocycles. The second-order valence-electron chi connectivity index (χ2n) is 7.76. The number of aryl methyl sites for hydroxylation is 1. The van der Waals surface area contributed by atoms with Crippen molar-refractivity contribution in [3.8, 4) is 0 Å². The summed E-state index contributed by atoms with van der Waals surface area (Å²) in [5.41, 5.74) is 4.80. The smallest absolute Gasteiger partial charge is 0.349 e. The number of carbonyl (C=O) groups is 5. The Morgan fingerprint density at radius 1 is 0.711 bits per heavy atom. The minimum Gasteiger partial charge on any atom is -0.478 e. The van der Waals surface area contributed by atoms with Crippen LogP contribution in [0.3, 0.4) is 0 Å². The van der Waals surface area contributed by atoms with E-state index in [1.807, 2.05) is 12.3 Å². The van der Waals surface area contributed by atoms with E-state index in [9.17, 15) is 29.1 Å². The normalized spacial score (nSPS) is 12.0. The van der Waals surface area contributed by atoms with Crippen molar-refractivity contribution in [2.45, 2.75) is 19.1 Å². The topological polar surface area (TPSA) is 148 Å². The predicted octanol–water partition coefficient (Wildman–Crippen LogP) is 3.60. The molecular weight excluding hydrogens is 539 g/mol. The van der Waals surface area contributed by atoms with Crippen molar-refractivity contribution in [3.05, 3.63) is 105 Å². The molecule has 2 atom stereocenters. The minimum atomic E-state index is -2.33. The van der Waals surface area contributed by atoms with E-state index < -0.39 is 41.9 Å². The third-order valence-corrected chi connectivity index (χ3v) is 5.70. The number of nitrogens with one attached hydrogen (secondary N) is 2. The Labute approximate surface area is 226 Å². The molecule has 0 aromatic heterocycles. The first-order valence-corrected chi connectivity index (χ1v) is 11.6. The Kier molecular flexibility index (Phi) is 9.42. The van der Waals surface area contributed by atoms with Crippen LogP contribution in [0.25, 0.3) is 0 Å². The van der Waals surface area contributed by atoms with Gasteiger partial charge in [-0.25, -0.2) is 14.4 Å². The number of benzene rings is 3. The first-order chi connectivity index (χ1) is 18.1. The highest BCUT2D eigenvalue weighted by molar-refractivity contribution is 6.34. The lowest BCUT2D eigenvalue weighted by molar-refractivity contribution is -0.159. The first kappa shape index (κ1) is 28.2. The number of amides is 2. The van der Waals surface area contributed by atoms with E-state index in [0.717, 1.165) is 5.56 Å². The molecule has 10 nitrogen and oxygen atoms in total.